The summed E-state index contributed by atoms with van der Waals surface area (Å²) in [6, 6.07) is 18.0. The molecule has 0 aliphatic carbocycles. The molecule has 0 unspecified atom stereocenters. The maximum Gasteiger partial charge on any atom is 0.0835 e. The zero-order valence-electron chi connectivity index (χ0n) is 11.1. The highest BCUT2D eigenvalue weighted by Crippen LogP contribution is 2.10. The van der Waals surface area contributed by atoms with Crippen LogP contribution in [0.5, 0.6) is 0 Å². The second-order valence-corrected chi connectivity index (χ2v) is 4.73. The normalized spacial score (nSPS) is 10.6. The number of anilines is 1. The first-order valence-corrected chi connectivity index (χ1v) is 6.62. The van der Waals surface area contributed by atoms with Crippen molar-refractivity contribution in [3.05, 3.63) is 72.1 Å². The van der Waals surface area contributed by atoms with E-state index in [9.17, 15) is 0 Å². The van der Waals surface area contributed by atoms with Crippen LogP contribution in [0.15, 0.2) is 60.8 Å². The van der Waals surface area contributed by atoms with Crippen LogP contribution in [-0.2, 0) is 12.8 Å². The number of nitrogens with two attached hydrogens (primary N) is 1. The Morgan fingerprint density at radius 1 is 0.900 bits per heavy atom. The molecule has 20 heavy (non-hydrogen) atoms. The third-order valence-electron chi connectivity index (χ3n) is 3.21. The Morgan fingerprint density at radius 3 is 2.40 bits per heavy atom. The minimum atomic E-state index is 0.795. The van der Waals surface area contributed by atoms with Crippen molar-refractivity contribution in [2.24, 2.45) is 0 Å². The Balaban J connectivity index is 1.67. The van der Waals surface area contributed by atoms with Gasteiger partial charge in [0.1, 0.15) is 0 Å². The van der Waals surface area contributed by atoms with Crippen LogP contribution in [0.25, 0.3) is 5.69 Å². The molecule has 3 rings (SSSR count). The van der Waals surface area contributed by atoms with E-state index in [2.05, 4.69) is 22.4 Å². The summed E-state index contributed by atoms with van der Waals surface area (Å²) < 4.78 is 1.80. The van der Waals surface area contributed by atoms with Crippen molar-refractivity contribution >= 4 is 5.69 Å². The first-order valence-electron chi connectivity index (χ1n) is 6.62. The number of aromatic nitrogens is 3. The lowest BCUT2D eigenvalue weighted by Crippen LogP contribution is -1.93. The van der Waals surface area contributed by atoms with Crippen LogP contribution in [-0.4, -0.2) is 15.0 Å². The fraction of sp³-hybridized carbons (Fsp3) is 0.125. The average Bonchev–Trinajstić information content (AvgIpc) is 2.97. The molecule has 100 valence electrons. The van der Waals surface area contributed by atoms with Crippen LogP contribution in [0.4, 0.5) is 5.69 Å². The van der Waals surface area contributed by atoms with Crippen LogP contribution < -0.4 is 5.73 Å². The Kier molecular flexibility index (Phi) is 3.46. The van der Waals surface area contributed by atoms with Crippen LogP contribution in [0.1, 0.15) is 11.3 Å². The average molecular weight is 264 g/mol. The summed E-state index contributed by atoms with van der Waals surface area (Å²) in [7, 11) is 0. The molecule has 0 fully saturated rings. The number of benzene rings is 2. The lowest BCUT2D eigenvalue weighted by Gasteiger charge is -2.00. The maximum atomic E-state index is 5.68. The van der Waals surface area contributed by atoms with E-state index in [1.165, 1.54) is 5.56 Å². The zero-order chi connectivity index (χ0) is 13.8. The molecule has 1 heterocycles. The van der Waals surface area contributed by atoms with E-state index in [0.717, 1.165) is 29.9 Å². The molecule has 1 aromatic heterocycles. The Labute approximate surface area is 117 Å². The Morgan fingerprint density at radius 2 is 1.65 bits per heavy atom. The standard InChI is InChI=1S/C16H16N4/c17-14-9-6-13(7-10-14)8-11-15-12-20(19-18-15)16-4-2-1-3-5-16/h1-7,9-10,12H,8,11,17H2. The number of hydrogen-bond acceptors (Lipinski definition) is 3. The van der Waals surface area contributed by atoms with Crippen molar-refractivity contribution in [1.82, 2.24) is 15.0 Å². The van der Waals surface area contributed by atoms with E-state index in [0.29, 0.717) is 0 Å². The molecule has 0 saturated heterocycles. The molecule has 0 atom stereocenters. The van der Waals surface area contributed by atoms with E-state index in [1.807, 2.05) is 48.7 Å². The quantitative estimate of drug-likeness (QED) is 0.737. The molecule has 0 bridgehead atoms. The third kappa shape index (κ3) is 2.85. The van der Waals surface area contributed by atoms with Crippen molar-refractivity contribution in [3.63, 3.8) is 0 Å². The second kappa shape index (κ2) is 5.57. The summed E-state index contributed by atoms with van der Waals surface area (Å²) >= 11 is 0. The summed E-state index contributed by atoms with van der Waals surface area (Å²) in [5.41, 5.74) is 9.75. The van der Waals surface area contributed by atoms with Crippen LogP contribution in [0.3, 0.4) is 0 Å². The summed E-state index contributed by atoms with van der Waals surface area (Å²) in [5.74, 6) is 0. The molecule has 0 aliphatic rings. The van der Waals surface area contributed by atoms with Gasteiger partial charge in [-0.2, -0.15) is 0 Å². The van der Waals surface area contributed by atoms with Gasteiger partial charge < -0.3 is 5.73 Å². The van der Waals surface area contributed by atoms with Crippen molar-refractivity contribution in [1.29, 1.82) is 0 Å². The van der Waals surface area contributed by atoms with Gasteiger partial charge >= 0.3 is 0 Å². The van der Waals surface area contributed by atoms with Crippen LogP contribution in [0, 0.1) is 0 Å². The van der Waals surface area contributed by atoms with E-state index >= 15 is 0 Å². The van der Waals surface area contributed by atoms with Gasteiger partial charge in [-0.1, -0.05) is 35.5 Å². The molecule has 0 aliphatic heterocycles. The van der Waals surface area contributed by atoms with Crippen molar-refractivity contribution in [3.8, 4) is 5.69 Å². The van der Waals surface area contributed by atoms with Gasteiger partial charge in [-0.3, -0.25) is 0 Å². The SMILES string of the molecule is Nc1ccc(CCc2cn(-c3ccccc3)nn2)cc1. The highest BCUT2D eigenvalue weighted by atomic mass is 15.4. The lowest BCUT2D eigenvalue weighted by molar-refractivity contribution is 0.794. The van der Waals surface area contributed by atoms with Gasteiger partial charge in [-0.15, -0.1) is 5.10 Å². The second-order valence-electron chi connectivity index (χ2n) is 4.73. The smallest absolute Gasteiger partial charge is 0.0835 e. The van der Waals surface area contributed by atoms with Crippen LogP contribution in [0.2, 0.25) is 0 Å². The fourth-order valence-corrected chi connectivity index (χ4v) is 2.08. The predicted molar refractivity (Wildman–Crippen MR) is 79.6 cm³/mol. The fourth-order valence-electron chi connectivity index (χ4n) is 2.08. The van der Waals surface area contributed by atoms with Gasteiger partial charge in [0.05, 0.1) is 17.6 Å². The van der Waals surface area contributed by atoms with Gasteiger partial charge in [-0.05, 0) is 42.7 Å². The number of para-hydroxylation sites is 1. The molecular formula is C16H16N4. The number of nitrogens with zero attached hydrogens (tertiary/aromatic N) is 3. The molecule has 4 heteroatoms. The van der Waals surface area contributed by atoms with E-state index in [-0.39, 0.29) is 0 Å². The molecule has 0 saturated carbocycles. The minimum Gasteiger partial charge on any atom is -0.399 e. The predicted octanol–water partition coefficient (Wildman–Crippen LogP) is 2.63. The zero-order valence-corrected chi connectivity index (χ0v) is 11.1. The molecule has 0 radical (unpaired) electrons. The Hall–Kier alpha value is -2.62. The molecule has 0 amide bonds. The minimum absolute atomic E-state index is 0.795. The van der Waals surface area contributed by atoms with Crippen molar-refractivity contribution in [2.75, 3.05) is 5.73 Å². The molecule has 3 aromatic rings. The van der Waals surface area contributed by atoms with E-state index in [1.54, 1.807) is 4.68 Å². The van der Waals surface area contributed by atoms with Crippen LogP contribution >= 0.6 is 0 Å². The number of rotatable bonds is 4. The molecular weight excluding hydrogens is 248 g/mol. The summed E-state index contributed by atoms with van der Waals surface area (Å²) in [4.78, 5) is 0. The van der Waals surface area contributed by atoms with Crippen molar-refractivity contribution < 1.29 is 0 Å². The molecule has 2 aromatic carbocycles. The molecule has 0 spiro atoms. The maximum absolute atomic E-state index is 5.68. The first kappa shape index (κ1) is 12.4. The largest absolute Gasteiger partial charge is 0.399 e. The number of aryl methyl sites for hydroxylation is 2. The highest BCUT2D eigenvalue weighted by molar-refractivity contribution is 5.39. The van der Waals surface area contributed by atoms with Gasteiger partial charge in [-0.25, -0.2) is 4.68 Å². The molecule has 4 nitrogen and oxygen atoms in total. The summed E-state index contributed by atoms with van der Waals surface area (Å²) in [6.07, 6.45) is 3.79. The number of nitrogen functional groups attached to an aromatic ring is 1. The van der Waals surface area contributed by atoms with Gasteiger partial charge in [0.15, 0.2) is 0 Å². The van der Waals surface area contributed by atoms with Gasteiger partial charge in [0.2, 0.25) is 0 Å². The Bertz CT molecular complexity index is 671. The van der Waals surface area contributed by atoms with Gasteiger partial charge in [0.25, 0.3) is 0 Å². The summed E-state index contributed by atoms with van der Waals surface area (Å²) in [5, 5.41) is 8.37. The monoisotopic (exact) mass is 264 g/mol. The van der Waals surface area contributed by atoms with E-state index in [4.69, 9.17) is 5.73 Å². The number of hydrogen-bond donors (Lipinski definition) is 1. The van der Waals surface area contributed by atoms with E-state index < -0.39 is 0 Å². The lowest BCUT2D eigenvalue weighted by atomic mass is 10.1. The van der Waals surface area contributed by atoms with Gasteiger partial charge in [0, 0.05) is 5.69 Å². The van der Waals surface area contributed by atoms with Crippen molar-refractivity contribution in [2.45, 2.75) is 12.8 Å². The first-order chi connectivity index (χ1) is 9.81. The highest BCUT2D eigenvalue weighted by Gasteiger charge is 2.03. The summed E-state index contributed by atoms with van der Waals surface area (Å²) in [6.45, 7) is 0. The molecule has 2 N–H and O–H groups in total. The third-order valence-corrected chi connectivity index (χ3v) is 3.21. The topological polar surface area (TPSA) is 56.7 Å².